The monoisotopic (exact) mass is 415 g/mol. The van der Waals surface area contributed by atoms with Gasteiger partial charge >= 0.3 is 11.9 Å². The maximum absolute atomic E-state index is 12.0. The summed E-state index contributed by atoms with van der Waals surface area (Å²) in [5, 5.41) is 19.5. The van der Waals surface area contributed by atoms with Crippen molar-refractivity contribution >= 4 is 22.1 Å². The van der Waals surface area contributed by atoms with E-state index in [0.717, 1.165) is 5.56 Å². The number of carboxylic acid groups (broad SMARTS) is 2. The van der Waals surface area contributed by atoms with Crippen LogP contribution in [0, 0.1) is 23.2 Å². The zero-order valence-corrected chi connectivity index (χ0v) is 17.5. The van der Waals surface area contributed by atoms with E-state index in [1.54, 1.807) is 13.8 Å². The number of nitrogens with two attached hydrogens (primary N) is 1. The van der Waals surface area contributed by atoms with Gasteiger partial charge in [0.2, 0.25) is 0 Å². The Morgan fingerprint density at radius 2 is 1.43 bits per heavy atom. The molecule has 9 heteroatoms. The standard InChI is InChI=1S/C19H29NO7S/c1-11(10-12-6-8-13(9-7-12)28(25,26)27)18(2,3)14(16(21)22)15(17(23)24)19(4,5)20/h6-9,11,14-15H,10,20H2,1-5H3,(H,21,22)(H,23,24)(H,25,26,27). The second-order valence-electron chi connectivity index (χ2n) is 8.50. The summed E-state index contributed by atoms with van der Waals surface area (Å²) >= 11 is 0. The van der Waals surface area contributed by atoms with Crippen LogP contribution >= 0.6 is 0 Å². The maximum atomic E-state index is 12.0. The van der Waals surface area contributed by atoms with Gasteiger partial charge in [-0.15, -0.1) is 0 Å². The summed E-state index contributed by atoms with van der Waals surface area (Å²) in [6, 6.07) is 5.60. The van der Waals surface area contributed by atoms with E-state index in [2.05, 4.69) is 0 Å². The molecule has 0 bridgehead atoms. The highest BCUT2D eigenvalue weighted by atomic mass is 32.2. The van der Waals surface area contributed by atoms with E-state index in [4.69, 9.17) is 10.3 Å². The SMILES string of the molecule is CC(Cc1ccc(S(=O)(=O)O)cc1)C(C)(C)C(C(=O)O)C(C(=O)O)C(C)(C)N. The molecule has 0 amide bonds. The minimum atomic E-state index is -4.30. The summed E-state index contributed by atoms with van der Waals surface area (Å²) in [7, 11) is -4.30. The lowest BCUT2D eigenvalue weighted by molar-refractivity contribution is -0.163. The van der Waals surface area contributed by atoms with Crippen molar-refractivity contribution in [2.45, 2.75) is 51.5 Å². The molecule has 0 aromatic heterocycles. The Bertz CT molecular complexity index is 823. The molecule has 0 fully saturated rings. The lowest BCUT2D eigenvalue weighted by Gasteiger charge is -2.43. The fraction of sp³-hybridized carbons (Fsp3) is 0.579. The van der Waals surface area contributed by atoms with Crippen molar-refractivity contribution in [3.63, 3.8) is 0 Å². The Balaban J connectivity index is 3.22. The highest BCUT2D eigenvalue weighted by Gasteiger charge is 2.51. The van der Waals surface area contributed by atoms with Gasteiger partial charge in [0.25, 0.3) is 10.1 Å². The molecule has 1 rings (SSSR count). The average molecular weight is 416 g/mol. The summed E-state index contributed by atoms with van der Waals surface area (Å²) in [6.45, 7) is 8.21. The molecule has 1 aromatic rings. The highest BCUT2D eigenvalue weighted by molar-refractivity contribution is 7.85. The van der Waals surface area contributed by atoms with E-state index < -0.39 is 44.8 Å². The average Bonchev–Trinajstić information content (AvgIpc) is 2.49. The molecule has 8 nitrogen and oxygen atoms in total. The Labute approximate surface area is 165 Å². The van der Waals surface area contributed by atoms with Crippen LogP contribution in [0.3, 0.4) is 0 Å². The molecule has 3 unspecified atom stereocenters. The van der Waals surface area contributed by atoms with Gasteiger partial charge in [0.15, 0.2) is 0 Å². The maximum Gasteiger partial charge on any atom is 0.309 e. The van der Waals surface area contributed by atoms with Crippen LogP contribution in [0.2, 0.25) is 0 Å². The predicted octanol–water partition coefficient (Wildman–Crippen LogP) is 2.28. The van der Waals surface area contributed by atoms with Crippen molar-refractivity contribution in [1.29, 1.82) is 0 Å². The molecule has 28 heavy (non-hydrogen) atoms. The summed E-state index contributed by atoms with van der Waals surface area (Å²) in [4.78, 5) is 23.6. The van der Waals surface area contributed by atoms with Gasteiger partial charge in [0, 0.05) is 5.54 Å². The number of hydrogen-bond donors (Lipinski definition) is 4. The van der Waals surface area contributed by atoms with Crippen LogP contribution in [0.15, 0.2) is 29.2 Å². The van der Waals surface area contributed by atoms with Gasteiger partial charge < -0.3 is 15.9 Å². The van der Waals surface area contributed by atoms with Crippen molar-refractivity contribution < 1.29 is 32.8 Å². The van der Waals surface area contributed by atoms with Gasteiger partial charge in [-0.3, -0.25) is 14.1 Å². The molecule has 0 aliphatic carbocycles. The zero-order valence-electron chi connectivity index (χ0n) is 16.7. The van der Waals surface area contributed by atoms with Gasteiger partial charge in [-0.1, -0.05) is 32.9 Å². The largest absolute Gasteiger partial charge is 0.481 e. The first kappa shape index (κ1) is 24.1. The number of carbonyl (C=O) groups is 2. The van der Waals surface area contributed by atoms with E-state index in [0.29, 0.717) is 6.42 Å². The highest BCUT2D eigenvalue weighted by Crippen LogP contribution is 2.44. The number of hydrogen-bond acceptors (Lipinski definition) is 5. The normalized spacial score (nSPS) is 16.2. The number of rotatable bonds is 9. The molecule has 3 atom stereocenters. The number of carboxylic acids is 2. The minimum absolute atomic E-state index is 0.234. The van der Waals surface area contributed by atoms with Crippen LogP contribution < -0.4 is 5.73 Å². The van der Waals surface area contributed by atoms with Gasteiger partial charge in [0.1, 0.15) is 0 Å². The van der Waals surface area contributed by atoms with E-state index in [1.807, 2.05) is 6.92 Å². The molecule has 0 spiro atoms. The second kappa shape index (κ2) is 8.18. The van der Waals surface area contributed by atoms with Crippen LogP contribution in [0.4, 0.5) is 0 Å². The fourth-order valence-corrected chi connectivity index (χ4v) is 3.98. The first-order valence-electron chi connectivity index (χ1n) is 8.80. The molecule has 5 N–H and O–H groups in total. The Morgan fingerprint density at radius 1 is 1.00 bits per heavy atom. The molecule has 158 valence electrons. The zero-order chi connectivity index (χ0) is 22.1. The minimum Gasteiger partial charge on any atom is -0.481 e. The first-order valence-corrected chi connectivity index (χ1v) is 10.2. The second-order valence-corrected chi connectivity index (χ2v) is 9.92. The molecule has 0 aliphatic heterocycles. The first-order chi connectivity index (χ1) is 12.5. The lowest BCUT2D eigenvalue weighted by atomic mass is 9.60. The van der Waals surface area contributed by atoms with Crippen molar-refractivity contribution in [2.75, 3.05) is 0 Å². The topological polar surface area (TPSA) is 155 Å². The Hall–Kier alpha value is -1.97. The number of benzene rings is 1. The summed E-state index contributed by atoms with van der Waals surface area (Å²) < 4.78 is 31.3. The quantitative estimate of drug-likeness (QED) is 0.448. The Kier molecular flexibility index (Phi) is 7.03. The van der Waals surface area contributed by atoms with Gasteiger partial charge in [0.05, 0.1) is 16.7 Å². The van der Waals surface area contributed by atoms with Gasteiger partial charge in [-0.25, -0.2) is 0 Å². The van der Waals surface area contributed by atoms with E-state index in [1.165, 1.54) is 38.1 Å². The van der Waals surface area contributed by atoms with Crippen LogP contribution in [0.5, 0.6) is 0 Å². The van der Waals surface area contributed by atoms with Crippen LogP contribution in [-0.4, -0.2) is 40.7 Å². The van der Waals surface area contributed by atoms with Gasteiger partial charge in [-0.05, 0) is 49.3 Å². The molecule has 0 saturated carbocycles. The van der Waals surface area contributed by atoms with Crippen LogP contribution in [-0.2, 0) is 26.1 Å². The predicted molar refractivity (Wildman–Crippen MR) is 103 cm³/mol. The molecule has 0 radical (unpaired) electrons. The van der Waals surface area contributed by atoms with Gasteiger partial charge in [-0.2, -0.15) is 8.42 Å². The summed E-state index contributed by atoms with van der Waals surface area (Å²) in [5.74, 6) is -5.31. The number of aliphatic carboxylic acids is 2. The molecule has 0 heterocycles. The smallest absolute Gasteiger partial charge is 0.309 e. The van der Waals surface area contributed by atoms with Crippen molar-refractivity contribution in [1.82, 2.24) is 0 Å². The lowest BCUT2D eigenvalue weighted by Crippen LogP contribution is -2.55. The summed E-state index contributed by atoms with van der Waals surface area (Å²) in [5.41, 5.74) is 4.55. The third-order valence-corrected chi connectivity index (χ3v) is 6.37. The van der Waals surface area contributed by atoms with E-state index >= 15 is 0 Å². The van der Waals surface area contributed by atoms with Crippen molar-refractivity contribution in [2.24, 2.45) is 28.9 Å². The molecule has 0 saturated heterocycles. The molecule has 0 aliphatic rings. The van der Waals surface area contributed by atoms with Crippen LogP contribution in [0.1, 0.15) is 40.2 Å². The summed E-state index contributed by atoms with van der Waals surface area (Å²) in [6.07, 6.45) is 0.389. The third-order valence-electron chi connectivity index (χ3n) is 5.50. The molecular formula is C19H29NO7S. The van der Waals surface area contributed by atoms with E-state index in [9.17, 15) is 28.2 Å². The fourth-order valence-electron chi connectivity index (χ4n) is 3.50. The van der Waals surface area contributed by atoms with Crippen molar-refractivity contribution in [3.05, 3.63) is 29.8 Å². The molecule has 1 aromatic carbocycles. The van der Waals surface area contributed by atoms with E-state index in [-0.39, 0.29) is 10.8 Å². The Morgan fingerprint density at radius 3 is 1.75 bits per heavy atom. The molecular weight excluding hydrogens is 386 g/mol. The van der Waals surface area contributed by atoms with Crippen LogP contribution in [0.25, 0.3) is 0 Å². The van der Waals surface area contributed by atoms with Crippen molar-refractivity contribution in [3.8, 4) is 0 Å². The third kappa shape index (κ3) is 5.52.